The Hall–Kier alpha value is -0.890. The highest BCUT2D eigenvalue weighted by molar-refractivity contribution is 5.67. The van der Waals surface area contributed by atoms with Crippen molar-refractivity contribution in [2.75, 3.05) is 47.1 Å². The number of amides is 1. The Bertz CT molecular complexity index is 290. The van der Waals surface area contributed by atoms with Gasteiger partial charge in [0, 0.05) is 32.8 Å². The average Bonchev–Trinajstić information content (AvgIpc) is 2.83. The van der Waals surface area contributed by atoms with E-state index in [9.17, 15) is 9.90 Å². The molecular formula is C13H26N2O5. The minimum absolute atomic E-state index is 0.0260. The van der Waals surface area contributed by atoms with Crippen LogP contribution in [0.25, 0.3) is 0 Å². The van der Waals surface area contributed by atoms with Gasteiger partial charge >= 0.3 is 6.09 Å². The molecule has 1 rings (SSSR count). The van der Waals surface area contributed by atoms with Crippen LogP contribution in [-0.2, 0) is 14.2 Å². The number of β-amino-alcohol motifs (C(OH)–C–C–N with tert-alkyl or cyclic N) is 1. The number of methoxy groups -OCH3 is 2. The second-order valence-corrected chi connectivity index (χ2v) is 5.13. The summed E-state index contributed by atoms with van der Waals surface area (Å²) in [5.41, 5.74) is 0. The van der Waals surface area contributed by atoms with Crippen LogP contribution in [0, 0.1) is 0 Å². The fourth-order valence-corrected chi connectivity index (χ4v) is 2.25. The molecule has 1 amide bonds. The molecule has 0 bridgehead atoms. The van der Waals surface area contributed by atoms with Crippen LogP contribution in [-0.4, -0.2) is 81.4 Å². The van der Waals surface area contributed by atoms with Gasteiger partial charge in [0.1, 0.15) is 0 Å². The standard InChI is InChI=1S/C13H26N2O5/c1-10(8-18-2)20-9-12(16)7-15-5-4-11(6-15)14-13(17)19-3/h10-12,16H,4-9H2,1-3H3,(H,14,17). The molecular weight excluding hydrogens is 264 g/mol. The summed E-state index contributed by atoms with van der Waals surface area (Å²) in [6.07, 6.45) is -0.106. The lowest BCUT2D eigenvalue weighted by Crippen LogP contribution is -2.39. The van der Waals surface area contributed by atoms with Gasteiger partial charge in [-0.05, 0) is 13.3 Å². The van der Waals surface area contributed by atoms with Crippen LogP contribution in [0.5, 0.6) is 0 Å². The van der Waals surface area contributed by atoms with Crippen molar-refractivity contribution in [1.29, 1.82) is 0 Å². The minimum atomic E-state index is -0.536. The highest BCUT2D eigenvalue weighted by atomic mass is 16.5. The smallest absolute Gasteiger partial charge is 0.407 e. The van der Waals surface area contributed by atoms with Crippen molar-refractivity contribution in [2.24, 2.45) is 0 Å². The Morgan fingerprint density at radius 2 is 2.20 bits per heavy atom. The summed E-state index contributed by atoms with van der Waals surface area (Å²) in [6.45, 7) is 4.82. The van der Waals surface area contributed by atoms with Crippen LogP contribution in [0.15, 0.2) is 0 Å². The van der Waals surface area contributed by atoms with Crippen LogP contribution in [0.4, 0.5) is 4.79 Å². The Morgan fingerprint density at radius 1 is 1.45 bits per heavy atom. The fourth-order valence-electron chi connectivity index (χ4n) is 2.25. The SMILES string of the molecule is COCC(C)OCC(O)CN1CCC(NC(=O)OC)C1. The molecule has 0 saturated carbocycles. The van der Waals surface area contributed by atoms with Gasteiger partial charge in [-0.25, -0.2) is 4.79 Å². The molecule has 0 aromatic carbocycles. The van der Waals surface area contributed by atoms with Crippen LogP contribution in [0.3, 0.4) is 0 Å². The fraction of sp³-hybridized carbons (Fsp3) is 0.923. The molecule has 7 nitrogen and oxygen atoms in total. The number of nitrogens with zero attached hydrogens (tertiary/aromatic N) is 1. The van der Waals surface area contributed by atoms with E-state index in [1.165, 1.54) is 7.11 Å². The van der Waals surface area contributed by atoms with Gasteiger partial charge in [0.25, 0.3) is 0 Å². The molecule has 1 saturated heterocycles. The maximum absolute atomic E-state index is 11.1. The zero-order valence-electron chi connectivity index (χ0n) is 12.5. The molecule has 3 atom stereocenters. The van der Waals surface area contributed by atoms with Crippen LogP contribution in [0.1, 0.15) is 13.3 Å². The van der Waals surface area contributed by atoms with Gasteiger partial charge in [0.2, 0.25) is 0 Å². The van der Waals surface area contributed by atoms with E-state index < -0.39 is 12.2 Å². The largest absolute Gasteiger partial charge is 0.453 e. The summed E-state index contributed by atoms with van der Waals surface area (Å²) in [5.74, 6) is 0. The summed E-state index contributed by atoms with van der Waals surface area (Å²) < 4.78 is 15.0. The van der Waals surface area contributed by atoms with Crippen molar-refractivity contribution in [1.82, 2.24) is 10.2 Å². The van der Waals surface area contributed by atoms with Crippen LogP contribution in [0.2, 0.25) is 0 Å². The highest BCUT2D eigenvalue weighted by Gasteiger charge is 2.25. The number of aliphatic hydroxyl groups is 1. The monoisotopic (exact) mass is 290 g/mol. The van der Waals surface area contributed by atoms with Gasteiger partial charge in [-0.3, -0.25) is 4.90 Å². The maximum Gasteiger partial charge on any atom is 0.407 e. The van der Waals surface area contributed by atoms with Crippen molar-refractivity contribution >= 4 is 6.09 Å². The molecule has 1 fully saturated rings. The summed E-state index contributed by atoms with van der Waals surface area (Å²) in [7, 11) is 2.97. The van der Waals surface area contributed by atoms with Crippen LogP contribution >= 0.6 is 0 Å². The molecule has 118 valence electrons. The molecule has 0 spiro atoms. The maximum atomic E-state index is 11.1. The summed E-state index contributed by atoms with van der Waals surface area (Å²) in [5, 5.41) is 12.7. The van der Waals surface area contributed by atoms with E-state index in [0.29, 0.717) is 13.2 Å². The number of alkyl carbamates (subject to hydrolysis) is 1. The average molecular weight is 290 g/mol. The van der Waals surface area contributed by atoms with E-state index in [-0.39, 0.29) is 18.8 Å². The van der Waals surface area contributed by atoms with E-state index in [1.807, 2.05) is 6.92 Å². The molecule has 1 heterocycles. The predicted octanol–water partition coefficient (Wildman–Crippen LogP) is -0.171. The van der Waals surface area contributed by atoms with E-state index in [2.05, 4.69) is 15.0 Å². The first-order chi connectivity index (χ1) is 9.55. The molecule has 7 heteroatoms. The topological polar surface area (TPSA) is 80.3 Å². The molecule has 3 unspecified atom stereocenters. The number of ether oxygens (including phenoxy) is 3. The Kier molecular flexibility index (Phi) is 7.83. The first-order valence-electron chi connectivity index (χ1n) is 6.90. The van der Waals surface area contributed by atoms with Crippen molar-refractivity contribution in [3.63, 3.8) is 0 Å². The Balaban J connectivity index is 2.17. The number of hydrogen-bond acceptors (Lipinski definition) is 6. The number of rotatable bonds is 8. The number of nitrogens with one attached hydrogen (secondary N) is 1. The van der Waals surface area contributed by atoms with E-state index in [0.717, 1.165) is 19.5 Å². The van der Waals surface area contributed by atoms with Gasteiger partial charge in [0.15, 0.2) is 0 Å². The van der Waals surface area contributed by atoms with Crippen molar-refractivity contribution < 1.29 is 24.1 Å². The molecule has 0 radical (unpaired) electrons. The van der Waals surface area contributed by atoms with Gasteiger partial charge in [-0.15, -0.1) is 0 Å². The number of likely N-dealkylation sites (tertiary alicyclic amines) is 1. The first-order valence-corrected chi connectivity index (χ1v) is 6.90. The summed E-state index contributed by atoms with van der Waals surface area (Å²) >= 11 is 0. The number of hydrogen-bond donors (Lipinski definition) is 2. The Morgan fingerprint density at radius 3 is 2.85 bits per heavy atom. The second kappa shape index (κ2) is 9.12. The second-order valence-electron chi connectivity index (χ2n) is 5.13. The molecule has 0 aromatic rings. The molecule has 0 aromatic heterocycles. The molecule has 1 aliphatic heterocycles. The summed E-state index contributed by atoms with van der Waals surface area (Å²) in [4.78, 5) is 13.2. The lowest BCUT2D eigenvalue weighted by atomic mass is 10.3. The normalized spacial score (nSPS) is 22.5. The first kappa shape index (κ1) is 17.2. The third-order valence-corrected chi connectivity index (χ3v) is 3.22. The van der Waals surface area contributed by atoms with E-state index >= 15 is 0 Å². The van der Waals surface area contributed by atoms with E-state index in [1.54, 1.807) is 7.11 Å². The number of carbonyl (C=O) groups is 1. The third-order valence-electron chi connectivity index (χ3n) is 3.22. The van der Waals surface area contributed by atoms with Gasteiger partial charge < -0.3 is 24.6 Å². The molecule has 1 aliphatic rings. The van der Waals surface area contributed by atoms with Crippen LogP contribution < -0.4 is 5.32 Å². The van der Waals surface area contributed by atoms with Gasteiger partial charge in [0.05, 0.1) is 32.5 Å². The minimum Gasteiger partial charge on any atom is -0.453 e. The lowest BCUT2D eigenvalue weighted by molar-refractivity contribution is -0.0383. The van der Waals surface area contributed by atoms with E-state index in [4.69, 9.17) is 9.47 Å². The van der Waals surface area contributed by atoms with Gasteiger partial charge in [-0.1, -0.05) is 0 Å². The zero-order valence-corrected chi connectivity index (χ0v) is 12.5. The lowest BCUT2D eigenvalue weighted by Gasteiger charge is -2.21. The zero-order chi connectivity index (χ0) is 15.0. The Labute approximate surface area is 120 Å². The number of aliphatic hydroxyl groups excluding tert-OH is 1. The van der Waals surface area contributed by atoms with Gasteiger partial charge in [-0.2, -0.15) is 0 Å². The van der Waals surface area contributed by atoms with Crippen molar-refractivity contribution in [2.45, 2.75) is 31.6 Å². The molecule has 0 aliphatic carbocycles. The van der Waals surface area contributed by atoms with Crippen molar-refractivity contribution in [3.8, 4) is 0 Å². The third kappa shape index (κ3) is 6.51. The predicted molar refractivity (Wildman–Crippen MR) is 73.7 cm³/mol. The molecule has 2 N–H and O–H groups in total. The molecule has 20 heavy (non-hydrogen) atoms. The van der Waals surface area contributed by atoms with Crippen molar-refractivity contribution in [3.05, 3.63) is 0 Å². The quantitative estimate of drug-likeness (QED) is 0.646. The highest BCUT2D eigenvalue weighted by Crippen LogP contribution is 2.10. The number of carbonyl (C=O) groups excluding carboxylic acids is 1. The summed E-state index contributed by atoms with van der Waals surface area (Å²) in [6, 6.07) is 0.0861.